The van der Waals surface area contributed by atoms with Crippen LogP contribution in [0.5, 0.6) is 0 Å². The molecule has 1 amide bonds. The highest BCUT2D eigenvalue weighted by atomic mass is 35.5. The van der Waals surface area contributed by atoms with Crippen molar-refractivity contribution < 1.29 is 18.7 Å². The maximum Gasteiger partial charge on any atom is 0.331 e. The minimum atomic E-state index is -1.11. The molecule has 0 aliphatic carbocycles. The fourth-order valence-corrected chi connectivity index (χ4v) is 2.48. The van der Waals surface area contributed by atoms with E-state index in [9.17, 15) is 14.0 Å². The highest BCUT2D eigenvalue weighted by molar-refractivity contribution is 6.35. The van der Waals surface area contributed by atoms with Crippen LogP contribution in [0, 0.1) is 5.82 Å². The largest absolute Gasteiger partial charge is 0.449 e. The number of anilines is 1. The van der Waals surface area contributed by atoms with Crippen molar-refractivity contribution in [3.63, 3.8) is 0 Å². The van der Waals surface area contributed by atoms with Gasteiger partial charge in [0, 0.05) is 16.7 Å². The van der Waals surface area contributed by atoms with Gasteiger partial charge in [0.15, 0.2) is 6.10 Å². The van der Waals surface area contributed by atoms with Crippen molar-refractivity contribution in [3.05, 3.63) is 68.9 Å². The summed E-state index contributed by atoms with van der Waals surface area (Å²) in [6, 6.07) is 8.71. The van der Waals surface area contributed by atoms with Crippen molar-refractivity contribution in [1.82, 2.24) is 0 Å². The summed E-state index contributed by atoms with van der Waals surface area (Å²) in [5, 5.41) is 3.33. The minimum Gasteiger partial charge on any atom is -0.449 e. The Bertz CT molecular complexity index is 851. The molecule has 26 heavy (non-hydrogen) atoms. The van der Waals surface area contributed by atoms with E-state index in [1.807, 2.05) is 0 Å². The second kappa shape index (κ2) is 9.03. The fourth-order valence-electron chi connectivity index (χ4n) is 1.92. The lowest BCUT2D eigenvalue weighted by atomic mass is 10.2. The van der Waals surface area contributed by atoms with E-state index in [1.165, 1.54) is 43.3 Å². The first kappa shape index (κ1) is 20.2. The van der Waals surface area contributed by atoms with Crippen LogP contribution in [0.3, 0.4) is 0 Å². The molecule has 0 radical (unpaired) electrons. The third-order valence-corrected chi connectivity index (χ3v) is 4.13. The number of esters is 1. The summed E-state index contributed by atoms with van der Waals surface area (Å²) < 4.78 is 18.6. The lowest BCUT2D eigenvalue weighted by Gasteiger charge is -2.13. The number of carbonyl (C=O) groups is 2. The van der Waals surface area contributed by atoms with Crippen molar-refractivity contribution >= 4 is 58.4 Å². The average molecular weight is 417 g/mol. The van der Waals surface area contributed by atoms with Gasteiger partial charge >= 0.3 is 5.97 Å². The molecule has 2 aromatic rings. The standard InChI is InChI=1S/C18H13Cl3FNO3/c1-10(18(25)23-16-9-11(19)5-7-14(16)21)26-17(24)8-6-12-13(20)3-2-4-15(12)22/h2-10H,1H3,(H,23,25). The topological polar surface area (TPSA) is 55.4 Å². The Morgan fingerprint density at radius 1 is 1.15 bits per heavy atom. The summed E-state index contributed by atoms with van der Waals surface area (Å²) in [6.07, 6.45) is 1.05. The van der Waals surface area contributed by atoms with Gasteiger partial charge in [0.1, 0.15) is 5.82 Å². The zero-order chi connectivity index (χ0) is 19.3. The Labute approximate surface area is 164 Å². The second-order valence-electron chi connectivity index (χ2n) is 5.16. The van der Waals surface area contributed by atoms with Crippen LogP contribution in [-0.2, 0) is 14.3 Å². The van der Waals surface area contributed by atoms with E-state index in [2.05, 4.69) is 5.32 Å². The average Bonchev–Trinajstić information content (AvgIpc) is 2.57. The summed E-state index contributed by atoms with van der Waals surface area (Å²) in [4.78, 5) is 23.9. The third kappa shape index (κ3) is 5.46. The summed E-state index contributed by atoms with van der Waals surface area (Å²) in [5.41, 5.74) is 0.342. The van der Waals surface area contributed by atoms with Gasteiger partial charge in [-0.3, -0.25) is 4.79 Å². The first-order valence-electron chi connectivity index (χ1n) is 7.36. The molecule has 0 spiro atoms. The molecule has 136 valence electrons. The number of rotatable bonds is 5. The minimum absolute atomic E-state index is 0.0499. The fraction of sp³-hybridized carbons (Fsp3) is 0.111. The van der Waals surface area contributed by atoms with E-state index in [0.717, 1.165) is 6.08 Å². The van der Waals surface area contributed by atoms with E-state index < -0.39 is 23.8 Å². The number of carbonyl (C=O) groups excluding carboxylic acids is 2. The van der Waals surface area contributed by atoms with Gasteiger partial charge < -0.3 is 10.1 Å². The molecular formula is C18H13Cl3FNO3. The lowest BCUT2D eigenvalue weighted by Crippen LogP contribution is -2.29. The summed E-state index contributed by atoms with van der Waals surface area (Å²) >= 11 is 17.7. The molecule has 4 nitrogen and oxygen atoms in total. The molecule has 8 heteroatoms. The predicted octanol–water partition coefficient (Wildman–Crippen LogP) is 5.37. The van der Waals surface area contributed by atoms with Gasteiger partial charge in [-0.2, -0.15) is 0 Å². The van der Waals surface area contributed by atoms with Crippen LogP contribution in [-0.4, -0.2) is 18.0 Å². The summed E-state index contributed by atoms with van der Waals surface area (Å²) in [7, 11) is 0. The maximum atomic E-state index is 13.6. The quantitative estimate of drug-likeness (QED) is 0.526. The summed E-state index contributed by atoms with van der Waals surface area (Å²) in [5.74, 6) is -2.01. The Morgan fingerprint density at radius 2 is 1.88 bits per heavy atom. The van der Waals surface area contributed by atoms with Crippen LogP contribution in [0.25, 0.3) is 6.08 Å². The van der Waals surface area contributed by atoms with E-state index in [4.69, 9.17) is 39.5 Å². The Morgan fingerprint density at radius 3 is 2.58 bits per heavy atom. The first-order valence-corrected chi connectivity index (χ1v) is 8.50. The van der Waals surface area contributed by atoms with E-state index >= 15 is 0 Å². The Balaban J connectivity index is 1.99. The van der Waals surface area contributed by atoms with Crippen LogP contribution < -0.4 is 5.32 Å². The molecule has 0 aliphatic rings. The molecule has 0 aromatic heterocycles. The van der Waals surface area contributed by atoms with Gasteiger partial charge in [-0.15, -0.1) is 0 Å². The van der Waals surface area contributed by atoms with Crippen molar-refractivity contribution in [2.24, 2.45) is 0 Å². The molecule has 0 fully saturated rings. The van der Waals surface area contributed by atoms with Crippen LogP contribution in [0.2, 0.25) is 15.1 Å². The van der Waals surface area contributed by atoms with Gasteiger partial charge in [-0.05, 0) is 43.3 Å². The molecule has 0 heterocycles. The van der Waals surface area contributed by atoms with E-state index in [-0.39, 0.29) is 15.6 Å². The molecule has 1 N–H and O–H groups in total. The van der Waals surface area contributed by atoms with Crippen LogP contribution in [0.15, 0.2) is 42.5 Å². The van der Waals surface area contributed by atoms with Gasteiger partial charge in [0.25, 0.3) is 5.91 Å². The first-order chi connectivity index (χ1) is 12.3. The molecule has 0 aliphatic heterocycles. The van der Waals surface area contributed by atoms with Crippen LogP contribution in [0.1, 0.15) is 12.5 Å². The Hall–Kier alpha value is -2.08. The van der Waals surface area contributed by atoms with Gasteiger partial charge in [0.05, 0.1) is 15.7 Å². The van der Waals surface area contributed by atoms with Crippen molar-refractivity contribution in [3.8, 4) is 0 Å². The van der Waals surface area contributed by atoms with Crippen molar-refractivity contribution in [2.45, 2.75) is 13.0 Å². The normalized spacial score (nSPS) is 12.0. The molecule has 0 bridgehead atoms. The van der Waals surface area contributed by atoms with Gasteiger partial charge in [-0.1, -0.05) is 40.9 Å². The third-order valence-electron chi connectivity index (χ3n) is 3.23. The zero-order valence-corrected chi connectivity index (χ0v) is 15.7. The molecule has 2 aromatic carbocycles. The monoisotopic (exact) mass is 415 g/mol. The molecule has 1 atom stereocenters. The second-order valence-corrected chi connectivity index (χ2v) is 6.41. The number of benzene rings is 2. The SMILES string of the molecule is CC(OC(=O)C=Cc1c(F)cccc1Cl)C(=O)Nc1cc(Cl)ccc1Cl. The number of nitrogens with one attached hydrogen (secondary N) is 1. The lowest BCUT2D eigenvalue weighted by molar-refractivity contribution is -0.148. The number of halogens is 4. The smallest absolute Gasteiger partial charge is 0.331 e. The van der Waals surface area contributed by atoms with E-state index in [0.29, 0.717) is 10.7 Å². The number of ether oxygens (including phenoxy) is 1. The van der Waals surface area contributed by atoms with Crippen LogP contribution >= 0.6 is 34.8 Å². The van der Waals surface area contributed by atoms with Crippen molar-refractivity contribution in [1.29, 1.82) is 0 Å². The van der Waals surface area contributed by atoms with Crippen molar-refractivity contribution in [2.75, 3.05) is 5.32 Å². The van der Waals surface area contributed by atoms with Crippen LogP contribution in [0.4, 0.5) is 10.1 Å². The van der Waals surface area contributed by atoms with Gasteiger partial charge in [0.2, 0.25) is 0 Å². The molecular weight excluding hydrogens is 404 g/mol. The number of amides is 1. The van der Waals surface area contributed by atoms with Gasteiger partial charge in [-0.25, -0.2) is 9.18 Å². The number of hydrogen-bond donors (Lipinski definition) is 1. The molecule has 1 unspecified atom stereocenters. The molecule has 0 saturated carbocycles. The summed E-state index contributed by atoms with van der Waals surface area (Å²) in [6.45, 7) is 1.38. The zero-order valence-electron chi connectivity index (χ0n) is 13.4. The molecule has 0 saturated heterocycles. The highest BCUT2D eigenvalue weighted by Crippen LogP contribution is 2.25. The number of hydrogen-bond acceptors (Lipinski definition) is 3. The van der Waals surface area contributed by atoms with E-state index in [1.54, 1.807) is 6.07 Å². The highest BCUT2D eigenvalue weighted by Gasteiger charge is 2.18. The maximum absolute atomic E-state index is 13.6. The Kier molecular flexibility index (Phi) is 7.03. The molecule has 2 rings (SSSR count). The predicted molar refractivity (Wildman–Crippen MR) is 101 cm³/mol.